The van der Waals surface area contributed by atoms with Crippen molar-refractivity contribution in [2.75, 3.05) is 0 Å². The molecule has 204 valence electrons. The molecule has 6 heteroatoms. The lowest BCUT2D eigenvalue weighted by molar-refractivity contribution is -0.125. The van der Waals surface area contributed by atoms with Crippen molar-refractivity contribution in [3.8, 4) is 0 Å². The van der Waals surface area contributed by atoms with Crippen molar-refractivity contribution in [1.29, 1.82) is 0 Å². The zero-order valence-corrected chi connectivity index (χ0v) is 22.7. The number of nitrogens with one attached hydrogen (secondary N) is 2. The molecule has 0 aromatic rings. The fraction of sp³-hybridized carbons (Fsp3) is 0.733. The molecule has 0 radical (unpaired) electrons. The average molecular weight is 503 g/mol. The minimum Gasteiger partial charge on any atom is -0.289 e. The first-order valence-electron chi connectivity index (χ1n) is 14.6. The van der Waals surface area contributed by atoms with Crippen LogP contribution in [0.2, 0.25) is 0 Å². The summed E-state index contributed by atoms with van der Waals surface area (Å²) >= 11 is 0. The third-order valence-electron chi connectivity index (χ3n) is 6.77. The summed E-state index contributed by atoms with van der Waals surface area (Å²) in [6.07, 6.45) is 32.1. The van der Waals surface area contributed by atoms with Gasteiger partial charge in [-0.1, -0.05) is 129 Å². The predicted molar refractivity (Wildman–Crippen MR) is 146 cm³/mol. The molecule has 2 heterocycles. The molecule has 6 nitrogen and oxygen atoms in total. The van der Waals surface area contributed by atoms with Crippen LogP contribution in [0, 0.1) is 0 Å². The number of carbonyl (C=O) groups is 4. The molecule has 0 spiro atoms. The van der Waals surface area contributed by atoms with Crippen LogP contribution >= 0.6 is 0 Å². The Morgan fingerprint density at radius 2 is 0.833 bits per heavy atom. The smallest absolute Gasteiger partial charge is 0.254 e. The Morgan fingerprint density at radius 1 is 0.472 bits per heavy atom. The van der Waals surface area contributed by atoms with E-state index in [1.54, 1.807) is 0 Å². The summed E-state index contributed by atoms with van der Waals surface area (Å²) in [6, 6.07) is 0. The van der Waals surface area contributed by atoms with Crippen molar-refractivity contribution in [3.63, 3.8) is 0 Å². The summed E-state index contributed by atoms with van der Waals surface area (Å²) in [5.74, 6) is -1.10. The van der Waals surface area contributed by atoms with Crippen LogP contribution in [0.25, 0.3) is 0 Å². The van der Waals surface area contributed by atoms with E-state index in [0.29, 0.717) is 5.57 Å². The summed E-state index contributed by atoms with van der Waals surface area (Å²) in [7, 11) is 0. The maximum atomic E-state index is 11.4. The highest BCUT2D eigenvalue weighted by atomic mass is 16.2. The molecule has 0 bridgehead atoms. The van der Waals surface area contributed by atoms with Gasteiger partial charge in [-0.05, 0) is 12.8 Å². The summed E-state index contributed by atoms with van der Waals surface area (Å²) in [5.41, 5.74) is 0.664. The second kappa shape index (κ2) is 22.0. The second-order valence-corrected chi connectivity index (χ2v) is 10.1. The van der Waals surface area contributed by atoms with Gasteiger partial charge in [-0.25, -0.2) is 0 Å². The third-order valence-corrected chi connectivity index (χ3v) is 6.77. The molecular formula is C30H50N2O4. The van der Waals surface area contributed by atoms with Crippen LogP contribution in [0.15, 0.2) is 23.8 Å². The molecule has 36 heavy (non-hydrogen) atoms. The van der Waals surface area contributed by atoms with Gasteiger partial charge in [0.2, 0.25) is 0 Å². The fourth-order valence-electron chi connectivity index (χ4n) is 4.56. The molecule has 0 saturated carbocycles. The minimum absolute atomic E-state index is 0.187. The number of hydrogen-bond donors (Lipinski definition) is 2. The molecule has 0 atom stereocenters. The maximum absolute atomic E-state index is 11.4. The maximum Gasteiger partial charge on any atom is 0.254 e. The van der Waals surface area contributed by atoms with E-state index in [0.717, 1.165) is 19.3 Å². The van der Waals surface area contributed by atoms with E-state index >= 15 is 0 Å². The molecule has 2 rings (SSSR count). The first kappa shape index (κ1) is 31.8. The Bertz CT molecular complexity index is 696. The lowest BCUT2D eigenvalue weighted by atomic mass is 10.0. The van der Waals surface area contributed by atoms with Gasteiger partial charge in [-0.3, -0.25) is 29.8 Å². The van der Waals surface area contributed by atoms with E-state index in [9.17, 15) is 19.2 Å². The number of unbranched alkanes of at least 4 members (excludes halogenated alkanes) is 19. The zero-order valence-electron chi connectivity index (χ0n) is 22.7. The quantitative estimate of drug-likeness (QED) is 0.131. The van der Waals surface area contributed by atoms with Gasteiger partial charge in [0, 0.05) is 23.8 Å². The van der Waals surface area contributed by atoms with Crippen LogP contribution < -0.4 is 10.6 Å². The van der Waals surface area contributed by atoms with Gasteiger partial charge in [0.15, 0.2) is 0 Å². The lowest BCUT2D eigenvalue weighted by Gasteiger charge is -2.04. The second-order valence-electron chi connectivity index (χ2n) is 10.1. The Balaban J connectivity index is 0.000000789. The first-order chi connectivity index (χ1) is 17.5. The Kier molecular flexibility index (Phi) is 19.4. The molecule has 0 saturated heterocycles. The van der Waals surface area contributed by atoms with E-state index in [4.69, 9.17) is 0 Å². The summed E-state index contributed by atoms with van der Waals surface area (Å²) < 4.78 is 0. The fourth-order valence-corrected chi connectivity index (χ4v) is 4.56. The van der Waals surface area contributed by atoms with Crippen LogP contribution in [0.4, 0.5) is 0 Å². The van der Waals surface area contributed by atoms with Gasteiger partial charge < -0.3 is 0 Å². The lowest BCUT2D eigenvalue weighted by Crippen LogP contribution is -2.22. The van der Waals surface area contributed by atoms with Crippen molar-refractivity contribution < 1.29 is 19.2 Å². The Hall–Kier alpha value is -2.24. The summed E-state index contributed by atoms with van der Waals surface area (Å²) in [6.45, 7) is 2.29. The topological polar surface area (TPSA) is 92.3 Å². The standard InChI is InChI=1S/C26H47NO2.C4H3NO2/c1-2-3-4-5-6-7-8-9-10-11-12-13-14-15-16-17-18-19-20-21-22-24-23-25(28)27-26(24)29;6-3-1-2-4(7)5-3/h23H,2-22H2,1H3,(H,27,28,29);1-2H,(H,5,6,7). The third kappa shape index (κ3) is 18.1. The van der Waals surface area contributed by atoms with Crippen molar-refractivity contribution >= 4 is 23.6 Å². The van der Waals surface area contributed by atoms with E-state index < -0.39 is 0 Å². The normalized spacial score (nSPS) is 14.5. The van der Waals surface area contributed by atoms with E-state index in [-0.39, 0.29) is 23.6 Å². The van der Waals surface area contributed by atoms with Crippen molar-refractivity contribution in [3.05, 3.63) is 23.8 Å². The van der Waals surface area contributed by atoms with E-state index in [1.165, 1.54) is 134 Å². The van der Waals surface area contributed by atoms with Gasteiger partial charge in [-0.15, -0.1) is 0 Å². The zero-order chi connectivity index (χ0) is 26.3. The van der Waals surface area contributed by atoms with Crippen molar-refractivity contribution in [1.82, 2.24) is 10.6 Å². The van der Waals surface area contributed by atoms with Gasteiger partial charge >= 0.3 is 0 Å². The van der Waals surface area contributed by atoms with Crippen LogP contribution in [0.1, 0.15) is 142 Å². The van der Waals surface area contributed by atoms with E-state index in [1.807, 2.05) is 5.32 Å². The number of imide groups is 2. The van der Waals surface area contributed by atoms with Crippen molar-refractivity contribution in [2.45, 2.75) is 142 Å². The Morgan fingerprint density at radius 3 is 1.11 bits per heavy atom. The molecular weight excluding hydrogens is 452 g/mol. The molecule has 4 amide bonds. The van der Waals surface area contributed by atoms with Gasteiger partial charge in [0.25, 0.3) is 23.6 Å². The number of hydrogen-bond acceptors (Lipinski definition) is 4. The molecule has 0 aromatic carbocycles. The molecule has 0 unspecified atom stereocenters. The average Bonchev–Trinajstić information content (AvgIpc) is 3.39. The van der Waals surface area contributed by atoms with Gasteiger partial charge in [-0.2, -0.15) is 0 Å². The molecule has 2 N–H and O–H groups in total. The summed E-state index contributed by atoms with van der Waals surface area (Å²) in [4.78, 5) is 42.6. The number of carbonyl (C=O) groups excluding carboxylic acids is 4. The molecule has 0 fully saturated rings. The van der Waals surface area contributed by atoms with Crippen molar-refractivity contribution in [2.24, 2.45) is 0 Å². The van der Waals surface area contributed by atoms with Crippen LogP contribution in [-0.2, 0) is 19.2 Å². The van der Waals surface area contributed by atoms with Gasteiger partial charge in [0.05, 0.1) is 0 Å². The highest BCUT2D eigenvalue weighted by Crippen LogP contribution is 2.16. The monoisotopic (exact) mass is 502 g/mol. The molecule has 0 aliphatic carbocycles. The van der Waals surface area contributed by atoms with Crippen LogP contribution in [0.3, 0.4) is 0 Å². The molecule has 2 aliphatic rings. The number of rotatable bonds is 21. The first-order valence-corrected chi connectivity index (χ1v) is 14.6. The highest BCUT2D eigenvalue weighted by molar-refractivity contribution is 6.16. The van der Waals surface area contributed by atoms with Crippen LogP contribution in [0.5, 0.6) is 0 Å². The molecule has 0 aromatic heterocycles. The Labute approximate surface area is 219 Å². The highest BCUT2D eigenvalue weighted by Gasteiger charge is 2.19. The van der Waals surface area contributed by atoms with Crippen LogP contribution in [-0.4, -0.2) is 23.6 Å². The molecule has 2 aliphatic heterocycles. The minimum atomic E-state index is -0.329. The number of amides is 4. The predicted octanol–water partition coefficient (Wildman–Crippen LogP) is 6.98. The van der Waals surface area contributed by atoms with E-state index in [2.05, 4.69) is 12.2 Å². The van der Waals surface area contributed by atoms with Gasteiger partial charge in [0.1, 0.15) is 0 Å². The largest absolute Gasteiger partial charge is 0.289 e. The summed E-state index contributed by atoms with van der Waals surface area (Å²) in [5, 5.41) is 4.34. The SMILES string of the molecule is CCCCCCCCCCCCCCCCCCCCCCC1=CC(=O)NC1=O.O=C1C=CC(=O)N1.